The summed E-state index contributed by atoms with van der Waals surface area (Å²) in [7, 11) is 4.35. The highest BCUT2D eigenvalue weighted by atomic mass is 16.5. The number of carbonyl (C=O) groups excluding carboxylic acids is 2. The van der Waals surface area contributed by atoms with E-state index in [4.69, 9.17) is 9.47 Å². The van der Waals surface area contributed by atoms with Crippen LogP contribution in [0.5, 0.6) is 0 Å². The third-order valence-corrected chi connectivity index (χ3v) is 11.1. The largest absolute Gasteiger partial charge is 0.466 e. The minimum Gasteiger partial charge on any atom is -0.466 e. The maximum Gasteiger partial charge on any atom is 0.305 e. The molecule has 0 N–H and O–H groups in total. The molecule has 5 nitrogen and oxygen atoms in total. The Kier molecular flexibility index (Phi) is 31.8. The predicted molar refractivity (Wildman–Crippen MR) is 216 cm³/mol. The maximum atomic E-state index is 12.3. The van der Waals surface area contributed by atoms with E-state index in [1.165, 1.54) is 103 Å². The number of hydrogen-bond acceptors (Lipinski definition) is 5. The predicted octanol–water partition coefficient (Wildman–Crippen LogP) is 13.1. The summed E-state index contributed by atoms with van der Waals surface area (Å²) in [5.74, 6) is 4.82. The molecule has 0 aromatic carbocycles. The van der Waals surface area contributed by atoms with Crippen molar-refractivity contribution in [1.29, 1.82) is 0 Å². The fraction of sp³-hybridized carbons (Fsp3) is 0.956. The van der Waals surface area contributed by atoms with Gasteiger partial charge in [-0.3, -0.25) is 9.59 Å². The van der Waals surface area contributed by atoms with Gasteiger partial charge in [0.2, 0.25) is 0 Å². The van der Waals surface area contributed by atoms with Crippen LogP contribution in [0.3, 0.4) is 0 Å². The van der Waals surface area contributed by atoms with Crippen molar-refractivity contribution in [2.24, 2.45) is 41.4 Å². The lowest BCUT2D eigenvalue weighted by Crippen LogP contribution is -2.14. The lowest BCUT2D eigenvalue weighted by atomic mass is 9.85. The van der Waals surface area contributed by atoms with Gasteiger partial charge in [0.25, 0.3) is 0 Å². The molecule has 5 heteroatoms. The molecular formula is C45H89NO4. The minimum atomic E-state index is -0.00112. The molecule has 0 bridgehead atoms. The molecule has 50 heavy (non-hydrogen) atoms. The van der Waals surface area contributed by atoms with Gasteiger partial charge in [0.1, 0.15) is 0 Å². The number of unbranched alkanes of at least 4 members (excludes halogenated alkanes) is 9. The number of carbonyl (C=O) groups is 2. The van der Waals surface area contributed by atoms with E-state index in [1.54, 1.807) is 0 Å². The highest BCUT2D eigenvalue weighted by molar-refractivity contribution is 5.69. The Morgan fingerprint density at radius 2 is 0.800 bits per heavy atom. The van der Waals surface area contributed by atoms with E-state index in [1.807, 2.05) is 0 Å². The summed E-state index contributed by atoms with van der Waals surface area (Å²) >= 11 is 0. The number of hydrogen-bond donors (Lipinski definition) is 0. The van der Waals surface area contributed by atoms with Crippen molar-refractivity contribution in [1.82, 2.24) is 4.90 Å². The molecule has 0 heterocycles. The second-order valence-corrected chi connectivity index (χ2v) is 17.7. The van der Waals surface area contributed by atoms with E-state index in [2.05, 4.69) is 74.4 Å². The van der Waals surface area contributed by atoms with E-state index in [9.17, 15) is 9.59 Å². The van der Waals surface area contributed by atoms with Crippen molar-refractivity contribution in [3.8, 4) is 0 Å². The summed E-state index contributed by atoms with van der Waals surface area (Å²) in [6, 6.07) is 0. The monoisotopic (exact) mass is 708 g/mol. The zero-order valence-corrected chi connectivity index (χ0v) is 35.5. The fourth-order valence-electron chi connectivity index (χ4n) is 7.26. The first-order valence-electron chi connectivity index (χ1n) is 21.8. The topological polar surface area (TPSA) is 55.8 Å². The van der Waals surface area contributed by atoms with E-state index in [-0.39, 0.29) is 11.9 Å². The number of ether oxygens (including phenoxy) is 2. The van der Waals surface area contributed by atoms with Crippen molar-refractivity contribution >= 4 is 11.9 Å². The highest BCUT2D eigenvalue weighted by Crippen LogP contribution is 2.27. The molecule has 0 saturated carbocycles. The lowest BCUT2D eigenvalue weighted by molar-refractivity contribution is -0.145. The Morgan fingerprint density at radius 1 is 0.440 bits per heavy atom. The van der Waals surface area contributed by atoms with Crippen molar-refractivity contribution in [3.05, 3.63) is 0 Å². The van der Waals surface area contributed by atoms with Gasteiger partial charge in [0.05, 0.1) is 13.2 Å². The van der Waals surface area contributed by atoms with Crippen molar-refractivity contribution in [2.75, 3.05) is 33.9 Å². The van der Waals surface area contributed by atoms with E-state index in [0.717, 1.165) is 56.3 Å². The highest BCUT2D eigenvalue weighted by Gasteiger charge is 2.18. The van der Waals surface area contributed by atoms with Crippen LogP contribution in [-0.2, 0) is 19.1 Å². The third kappa shape index (κ3) is 31.6. The Labute approximate surface area is 313 Å². The molecule has 0 saturated heterocycles. The zero-order valence-electron chi connectivity index (χ0n) is 35.5. The molecule has 0 spiro atoms. The molecule has 0 aliphatic carbocycles. The van der Waals surface area contributed by atoms with Crippen LogP contribution in [0.25, 0.3) is 0 Å². The number of esters is 2. The van der Waals surface area contributed by atoms with Crippen LogP contribution in [-0.4, -0.2) is 50.7 Å². The van der Waals surface area contributed by atoms with Crippen LogP contribution < -0.4 is 0 Å². The molecule has 0 rings (SSSR count). The van der Waals surface area contributed by atoms with Crippen LogP contribution >= 0.6 is 0 Å². The van der Waals surface area contributed by atoms with Gasteiger partial charge < -0.3 is 14.4 Å². The molecule has 0 fully saturated rings. The third-order valence-electron chi connectivity index (χ3n) is 11.1. The first-order valence-corrected chi connectivity index (χ1v) is 21.8. The average Bonchev–Trinajstić information content (AvgIpc) is 3.04. The Bertz CT molecular complexity index is 721. The Hall–Kier alpha value is -1.10. The SMILES string of the molecule is CC(C)CCC(CCC(=O)OCCCCCCCC(CCCCCCCOC(=O)CCC(CCC(C)C)C(C)C)CCCCN(C)C)C(C)C. The fourth-order valence-corrected chi connectivity index (χ4v) is 7.26. The molecule has 0 amide bonds. The Morgan fingerprint density at radius 3 is 1.16 bits per heavy atom. The van der Waals surface area contributed by atoms with Gasteiger partial charge in [0.15, 0.2) is 0 Å². The summed E-state index contributed by atoms with van der Waals surface area (Å²) < 4.78 is 11.2. The van der Waals surface area contributed by atoms with Crippen LogP contribution in [0.15, 0.2) is 0 Å². The standard InChI is InChI=1S/C45H89NO4/c1-37(2)26-28-42(39(5)6)30-32-44(47)49-35-21-15-11-13-17-23-41(25-19-20-34-46(9)10)24-18-14-12-16-22-36-50-45(48)33-31-43(40(7)8)29-27-38(3)4/h37-43H,11-36H2,1-10H3. The van der Waals surface area contributed by atoms with Crippen molar-refractivity contribution in [3.63, 3.8) is 0 Å². The summed E-state index contributed by atoms with van der Waals surface area (Å²) in [5.41, 5.74) is 0. The molecule has 298 valence electrons. The Balaban J connectivity index is 4.13. The molecule has 2 unspecified atom stereocenters. The molecule has 0 aliphatic heterocycles. The quantitative estimate of drug-likeness (QED) is 0.0485. The van der Waals surface area contributed by atoms with Crippen LogP contribution in [0.1, 0.15) is 203 Å². The van der Waals surface area contributed by atoms with Gasteiger partial charge in [-0.1, -0.05) is 145 Å². The number of nitrogens with zero attached hydrogens (tertiary/aromatic N) is 1. The summed E-state index contributed by atoms with van der Waals surface area (Å²) in [4.78, 5) is 26.9. The van der Waals surface area contributed by atoms with Gasteiger partial charge in [-0.05, 0) is 107 Å². The van der Waals surface area contributed by atoms with Gasteiger partial charge in [-0.15, -0.1) is 0 Å². The zero-order chi connectivity index (χ0) is 37.6. The lowest BCUT2D eigenvalue weighted by Gasteiger charge is -2.21. The smallest absolute Gasteiger partial charge is 0.305 e. The average molecular weight is 708 g/mol. The summed E-state index contributed by atoms with van der Waals surface area (Å²) in [6.07, 6.45) is 26.8. The molecule has 0 radical (unpaired) electrons. The van der Waals surface area contributed by atoms with Crippen molar-refractivity contribution < 1.29 is 19.1 Å². The van der Waals surface area contributed by atoms with Gasteiger partial charge in [0, 0.05) is 12.8 Å². The van der Waals surface area contributed by atoms with Crippen LogP contribution in [0.4, 0.5) is 0 Å². The second kappa shape index (κ2) is 32.5. The van der Waals surface area contributed by atoms with Gasteiger partial charge in [-0.2, -0.15) is 0 Å². The number of rotatable bonds is 35. The van der Waals surface area contributed by atoms with Crippen LogP contribution in [0, 0.1) is 41.4 Å². The van der Waals surface area contributed by atoms with Crippen LogP contribution in [0.2, 0.25) is 0 Å². The molecule has 0 aromatic rings. The van der Waals surface area contributed by atoms with Crippen molar-refractivity contribution in [2.45, 2.75) is 203 Å². The summed E-state index contributed by atoms with van der Waals surface area (Å²) in [6.45, 7) is 20.6. The van der Waals surface area contributed by atoms with E-state index >= 15 is 0 Å². The minimum absolute atomic E-state index is 0.00112. The molecule has 0 aromatic heterocycles. The molecular weight excluding hydrogens is 618 g/mol. The normalized spacial score (nSPS) is 13.9. The van der Waals surface area contributed by atoms with Gasteiger partial charge in [-0.25, -0.2) is 0 Å². The summed E-state index contributed by atoms with van der Waals surface area (Å²) in [5, 5.41) is 0. The van der Waals surface area contributed by atoms with E-state index < -0.39 is 0 Å². The van der Waals surface area contributed by atoms with E-state index in [0.29, 0.717) is 49.7 Å². The maximum absolute atomic E-state index is 12.3. The first-order chi connectivity index (χ1) is 23.8. The second-order valence-electron chi connectivity index (χ2n) is 17.7. The van der Waals surface area contributed by atoms with Gasteiger partial charge >= 0.3 is 11.9 Å². The molecule has 2 atom stereocenters. The molecule has 0 aliphatic rings. The first kappa shape index (κ1) is 48.9.